The number of hydrogen-bond acceptors (Lipinski definition) is 3. The van der Waals surface area contributed by atoms with E-state index in [0.717, 1.165) is 23.4 Å². The molecule has 1 aromatic carbocycles. The second kappa shape index (κ2) is 5.55. The lowest BCUT2D eigenvalue weighted by Gasteiger charge is -2.17. The van der Waals surface area contributed by atoms with Crippen LogP contribution in [0.5, 0.6) is 5.75 Å². The van der Waals surface area contributed by atoms with Crippen molar-refractivity contribution < 1.29 is 9.47 Å². The molecular weight excluding hydrogens is 214 g/mol. The van der Waals surface area contributed by atoms with E-state index in [4.69, 9.17) is 15.2 Å². The van der Waals surface area contributed by atoms with Gasteiger partial charge in [-0.3, -0.25) is 0 Å². The van der Waals surface area contributed by atoms with Crippen LogP contribution in [0.4, 0.5) is 0 Å². The van der Waals surface area contributed by atoms with Crippen LogP contribution in [0.3, 0.4) is 0 Å². The van der Waals surface area contributed by atoms with Crippen LogP contribution in [-0.2, 0) is 11.3 Å². The van der Waals surface area contributed by atoms with Crippen molar-refractivity contribution in [2.45, 2.75) is 19.1 Å². The molecule has 1 aliphatic carbocycles. The van der Waals surface area contributed by atoms with Crippen molar-refractivity contribution in [2.24, 2.45) is 5.73 Å². The number of ether oxygens (including phenoxy) is 2. The third-order valence-electron chi connectivity index (χ3n) is 2.70. The lowest BCUT2D eigenvalue weighted by molar-refractivity contribution is 0.0712. The first-order valence-electron chi connectivity index (χ1n) is 5.65. The smallest absolute Gasteiger partial charge is 0.118 e. The van der Waals surface area contributed by atoms with Crippen LogP contribution in [0.1, 0.15) is 12.0 Å². The third kappa shape index (κ3) is 3.36. The molecule has 1 aromatic rings. The second-order valence-corrected chi connectivity index (χ2v) is 4.03. The molecule has 0 saturated heterocycles. The maximum atomic E-state index is 5.76. The van der Waals surface area contributed by atoms with Gasteiger partial charge in [-0.25, -0.2) is 0 Å². The summed E-state index contributed by atoms with van der Waals surface area (Å²) in [5.74, 6) is 0.860. The minimum Gasteiger partial charge on any atom is -0.497 e. The van der Waals surface area contributed by atoms with Gasteiger partial charge in [-0.1, -0.05) is 24.3 Å². The molecule has 17 heavy (non-hydrogen) atoms. The number of benzene rings is 1. The number of methoxy groups -OCH3 is 1. The molecule has 0 amide bonds. The lowest BCUT2D eigenvalue weighted by Crippen LogP contribution is -2.16. The van der Waals surface area contributed by atoms with Gasteiger partial charge in [-0.15, -0.1) is 0 Å². The summed E-state index contributed by atoms with van der Waals surface area (Å²) in [4.78, 5) is 0. The van der Waals surface area contributed by atoms with Gasteiger partial charge >= 0.3 is 0 Å². The highest BCUT2D eigenvalue weighted by Crippen LogP contribution is 2.16. The van der Waals surface area contributed by atoms with Crippen LogP contribution in [0.25, 0.3) is 0 Å². The molecule has 0 fully saturated rings. The molecule has 2 rings (SSSR count). The molecule has 0 saturated carbocycles. The van der Waals surface area contributed by atoms with Crippen molar-refractivity contribution in [1.29, 1.82) is 0 Å². The lowest BCUT2D eigenvalue weighted by atomic mass is 10.1. The molecule has 90 valence electrons. The van der Waals surface area contributed by atoms with Crippen LogP contribution in [0.15, 0.2) is 48.2 Å². The summed E-state index contributed by atoms with van der Waals surface area (Å²) >= 11 is 0. The SMILES string of the molecule is COc1ccc(COC2C=CC=C(N)C2)cc1. The first-order chi connectivity index (χ1) is 8.28. The topological polar surface area (TPSA) is 44.5 Å². The zero-order chi connectivity index (χ0) is 12.1. The highest BCUT2D eigenvalue weighted by Gasteiger charge is 2.09. The fraction of sp³-hybridized carbons (Fsp3) is 0.286. The number of nitrogens with two attached hydrogens (primary N) is 1. The van der Waals surface area contributed by atoms with Gasteiger partial charge in [0, 0.05) is 12.1 Å². The van der Waals surface area contributed by atoms with Crippen molar-refractivity contribution in [1.82, 2.24) is 0 Å². The van der Waals surface area contributed by atoms with Crippen molar-refractivity contribution >= 4 is 0 Å². The fourth-order valence-electron chi connectivity index (χ4n) is 1.71. The molecule has 1 aliphatic rings. The van der Waals surface area contributed by atoms with Crippen molar-refractivity contribution in [3.63, 3.8) is 0 Å². The Labute approximate surface area is 102 Å². The molecule has 1 unspecified atom stereocenters. The third-order valence-corrected chi connectivity index (χ3v) is 2.70. The Balaban J connectivity index is 1.85. The van der Waals surface area contributed by atoms with Crippen LogP contribution in [0, 0.1) is 0 Å². The van der Waals surface area contributed by atoms with Gasteiger partial charge in [0.05, 0.1) is 19.8 Å². The van der Waals surface area contributed by atoms with Crippen LogP contribution >= 0.6 is 0 Å². The number of rotatable bonds is 4. The molecule has 0 radical (unpaired) electrons. The summed E-state index contributed by atoms with van der Waals surface area (Å²) in [5.41, 5.74) is 7.74. The number of hydrogen-bond donors (Lipinski definition) is 1. The average Bonchev–Trinajstić information content (AvgIpc) is 2.37. The monoisotopic (exact) mass is 231 g/mol. The van der Waals surface area contributed by atoms with Gasteiger partial charge in [0.15, 0.2) is 0 Å². The standard InChI is InChI=1S/C14H17NO2/c1-16-13-7-5-11(6-8-13)10-17-14-4-2-3-12(15)9-14/h2-8,14H,9-10,15H2,1H3. The minimum absolute atomic E-state index is 0.0853. The molecule has 2 N–H and O–H groups in total. The Kier molecular flexibility index (Phi) is 3.83. The molecule has 0 heterocycles. The van der Waals surface area contributed by atoms with E-state index in [1.54, 1.807) is 7.11 Å². The molecule has 0 bridgehead atoms. The van der Waals surface area contributed by atoms with Crippen molar-refractivity contribution in [2.75, 3.05) is 7.11 Å². The summed E-state index contributed by atoms with van der Waals surface area (Å²) in [6, 6.07) is 7.88. The van der Waals surface area contributed by atoms with E-state index in [1.807, 2.05) is 42.5 Å². The van der Waals surface area contributed by atoms with E-state index in [9.17, 15) is 0 Å². The quantitative estimate of drug-likeness (QED) is 0.865. The zero-order valence-electron chi connectivity index (χ0n) is 9.93. The summed E-state index contributed by atoms with van der Waals surface area (Å²) < 4.78 is 10.9. The molecule has 0 aliphatic heterocycles. The Bertz CT molecular complexity index is 420. The predicted octanol–water partition coefficient (Wildman–Crippen LogP) is 2.38. The number of allylic oxidation sites excluding steroid dienone is 2. The highest BCUT2D eigenvalue weighted by molar-refractivity contribution is 5.26. The normalized spacial score (nSPS) is 18.9. The summed E-state index contributed by atoms with van der Waals surface area (Å²) in [6.45, 7) is 0.590. The van der Waals surface area contributed by atoms with E-state index in [2.05, 4.69) is 0 Å². The Hall–Kier alpha value is -1.74. The van der Waals surface area contributed by atoms with Crippen LogP contribution < -0.4 is 10.5 Å². The first kappa shape index (κ1) is 11.7. The molecule has 3 nitrogen and oxygen atoms in total. The van der Waals surface area contributed by atoms with Gasteiger partial charge in [0.25, 0.3) is 0 Å². The average molecular weight is 231 g/mol. The van der Waals surface area contributed by atoms with Gasteiger partial charge in [-0.05, 0) is 23.8 Å². The van der Waals surface area contributed by atoms with Gasteiger partial charge in [-0.2, -0.15) is 0 Å². The molecule has 1 atom stereocenters. The maximum absolute atomic E-state index is 5.76. The van der Waals surface area contributed by atoms with E-state index < -0.39 is 0 Å². The first-order valence-corrected chi connectivity index (χ1v) is 5.65. The Morgan fingerprint density at radius 2 is 2.06 bits per heavy atom. The summed E-state index contributed by atoms with van der Waals surface area (Å²) in [7, 11) is 1.66. The van der Waals surface area contributed by atoms with Gasteiger partial charge < -0.3 is 15.2 Å². The minimum atomic E-state index is 0.0853. The molecule has 0 spiro atoms. The van der Waals surface area contributed by atoms with E-state index in [1.165, 1.54) is 0 Å². The highest BCUT2D eigenvalue weighted by atomic mass is 16.5. The van der Waals surface area contributed by atoms with E-state index >= 15 is 0 Å². The maximum Gasteiger partial charge on any atom is 0.118 e. The Morgan fingerprint density at radius 3 is 2.71 bits per heavy atom. The summed E-state index contributed by atoms with van der Waals surface area (Å²) in [5, 5.41) is 0. The van der Waals surface area contributed by atoms with Gasteiger partial charge in [0.1, 0.15) is 5.75 Å². The fourth-order valence-corrected chi connectivity index (χ4v) is 1.71. The van der Waals surface area contributed by atoms with Gasteiger partial charge in [0.2, 0.25) is 0 Å². The molecular formula is C14H17NO2. The largest absolute Gasteiger partial charge is 0.497 e. The molecule has 3 heteroatoms. The molecule has 0 aromatic heterocycles. The van der Waals surface area contributed by atoms with E-state index in [0.29, 0.717) is 6.61 Å². The Morgan fingerprint density at radius 1 is 1.29 bits per heavy atom. The second-order valence-electron chi connectivity index (χ2n) is 4.03. The summed E-state index contributed by atoms with van der Waals surface area (Å²) in [6.07, 6.45) is 6.74. The van der Waals surface area contributed by atoms with Crippen LogP contribution in [-0.4, -0.2) is 13.2 Å². The van der Waals surface area contributed by atoms with Crippen molar-refractivity contribution in [3.8, 4) is 5.75 Å². The predicted molar refractivity (Wildman–Crippen MR) is 67.6 cm³/mol. The van der Waals surface area contributed by atoms with Crippen LogP contribution in [0.2, 0.25) is 0 Å². The van der Waals surface area contributed by atoms with Crippen molar-refractivity contribution in [3.05, 3.63) is 53.8 Å². The van der Waals surface area contributed by atoms with E-state index in [-0.39, 0.29) is 6.10 Å². The zero-order valence-corrected chi connectivity index (χ0v) is 9.93.